The van der Waals surface area contributed by atoms with E-state index in [4.69, 9.17) is 0 Å². The number of carbonyl (C=O) groups is 1. The molecule has 0 aliphatic rings. The van der Waals surface area contributed by atoms with Gasteiger partial charge in [0.1, 0.15) is 0 Å². The van der Waals surface area contributed by atoms with E-state index in [1.54, 1.807) is 18.2 Å². The van der Waals surface area contributed by atoms with E-state index in [-0.39, 0.29) is 17.6 Å². The van der Waals surface area contributed by atoms with Crippen molar-refractivity contribution in [3.63, 3.8) is 0 Å². The molecule has 0 saturated heterocycles. The van der Waals surface area contributed by atoms with Crippen molar-refractivity contribution in [3.05, 3.63) is 46.0 Å². The third-order valence-corrected chi connectivity index (χ3v) is 3.32. The highest BCUT2D eigenvalue weighted by molar-refractivity contribution is 5.91. The van der Waals surface area contributed by atoms with Gasteiger partial charge in [0, 0.05) is 24.3 Å². The Hall–Kier alpha value is -2.17. The van der Waals surface area contributed by atoms with Crippen LogP contribution in [0.4, 0.5) is 5.69 Å². The van der Waals surface area contributed by atoms with Crippen molar-refractivity contribution in [2.24, 2.45) is 5.92 Å². The van der Waals surface area contributed by atoms with Gasteiger partial charge < -0.3 is 5.32 Å². The van der Waals surface area contributed by atoms with E-state index in [9.17, 15) is 14.9 Å². The van der Waals surface area contributed by atoms with Gasteiger partial charge in [-0.3, -0.25) is 14.9 Å². The number of nitrogens with zero attached hydrogens (tertiary/aromatic N) is 1. The van der Waals surface area contributed by atoms with Crippen molar-refractivity contribution >= 4 is 17.7 Å². The van der Waals surface area contributed by atoms with Gasteiger partial charge in [-0.25, -0.2) is 0 Å². The van der Waals surface area contributed by atoms with Crippen LogP contribution < -0.4 is 5.32 Å². The summed E-state index contributed by atoms with van der Waals surface area (Å²) < 4.78 is 0. The van der Waals surface area contributed by atoms with Crippen LogP contribution in [0.25, 0.3) is 6.08 Å². The summed E-state index contributed by atoms with van der Waals surface area (Å²) in [6, 6.07) is 6.32. The van der Waals surface area contributed by atoms with Crippen molar-refractivity contribution in [2.45, 2.75) is 46.1 Å². The number of amides is 1. The van der Waals surface area contributed by atoms with Crippen molar-refractivity contribution < 1.29 is 9.72 Å². The number of benzene rings is 1. The zero-order valence-electron chi connectivity index (χ0n) is 13.4. The summed E-state index contributed by atoms with van der Waals surface area (Å²) >= 11 is 0. The lowest BCUT2D eigenvalue weighted by Crippen LogP contribution is -2.31. The van der Waals surface area contributed by atoms with Crippen LogP contribution in [0.1, 0.15) is 45.6 Å². The SMILES string of the molecule is CC(C)CCC[C@H](C)NC(=O)/C=C/c1cccc([N+](=O)[O-])c1. The molecule has 22 heavy (non-hydrogen) atoms. The van der Waals surface area contributed by atoms with Gasteiger partial charge in [0.25, 0.3) is 5.69 Å². The maximum atomic E-state index is 11.8. The first-order chi connectivity index (χ1) is 10.4. The summed E-state index contributed by atoms with van der Waals surface area (Å²) in [5, 5.41) is 13.6. The summed E-state index contributed by atoms with van der Waals surface area (Å²) in [4.78, 5) is 22.0. The Bertz CT molecular complexity index is 538. The lowest BCUT2D eigenvalue weighted by molar-refractivity contribution is -0.384. The molecule has 120 valence electrons. The number of nitro groups is 1. The number of nitro benzene ring substituents is 1. The van der Waals surface area contributed by atoms with Crippen LogP contribution >= 0.6 is 0 Å². The number of hydrogen-bond donors (Lipinski definition) is 1. The molecule has 0 aromatic heterocycles. The van der Waals surface area contributed by atoms with Crippen LogP contribution in [0.3, 0.4) is 0 Å². The number of non-ortho nitro benzene ring substituents is 1. The Morgan fingerprint density at radius 2 is 2.05 bits per heavy atom. The normalized spacial score (nSPS) is 12.5. The first-order valence-corrected chi connectivity index (χ1v) is 7.61. The van der Waals surface area contributed by atoms with Crippen molar-refractivity contribution in [1.82, 2.24) is 5.32 Å². The molecule has 1 N–H and O–H groups in total. The van der Waals surface area contributed by atoms with Gasteiger partial charge in [-0.1, -0.05) is 38.8 Å². The van der Waals surface area contributed by atoms with E-state index in [2.05, 4.69) is 19.2 Å². The molecule has 1 atom stereocenters. The van der Waals surface area contributed by atoms with Crippen LogP contribution in [0.15, 0.2) is 30.3 Å². The Labute approximate surface area is 131 Å². The van der Waals surface area contributed by atoms with Crippen LogP contribution in [-0.4, -0.2) is 16.9 Å². The van der Waals surface area contributed by atoms with Gasteiger partial charge in [-0.2, -0.15) is 0 Å². The number of carbonyl (C=O) groups excluding carboxylic acids is 1. The Kier molecular flexibility index (Phi) is 7.29. The van der Waals surface area contributed by atoms with Gasteiger partial charge in [0.05, 0.1) is 4.92 Å². The fourth-order valence-corrected chi connectivity index (χ4v) is 2.11. The topological polar surface area (TPSA) is 72.2 Å². The lowest BCUT2D eigenvalue weighted by Gasteiger charge is -2.13. The molecule has 1 aromatic carbocycles. The molecule has 0 unspecified atom stereocenters. The van der Waals surface area contributed by atoms with Crippen molar-refractivity contribution in [3.8, 4) is 0 Å². The maximum absolute atomic E-state index is 11.8. The molecule has 0 spiro atoms. The smallest absolute Gasteiger partial charge is 0.270 e. The number of nitrogens with one attached hydrogen (secondary N) is 1. The highest BCUT2D eigenvalue weighted by Crippen LogP contribution is 2.14. The first kappa shape index (κ1) is 17.9. The lowest BCUT2D eigenvalue weighted by atomic mass is 10.0. The molecular formula is C17H24N2O3. The highest BCUT2D eigenvalue weighted by Gasteiger charge is 2.06. The van der Waals surface area contributed by atoms with Gasteiger partial charge in [-0.05, 0) is 30.9 Å². The molecule has 0 fully saturated rings. The molecule has 1 aromatic rings. The molecule has 1 amide bonds. The molecule has 0 heterocycles. The zero-order chi connectivity index (χ0) is 16.5. The minimum Gasteiger partial charge on any atom is -0.350 e. The number of rotatable bonds is 8. The average Bonchev–Trinajstić information content (AvgIpc) is 2.45. The van der Waals surface area contributed by atoms with E-state index in [1.165, 1.54) is 18.2 Å². The third-order valence-electron chi connectivity index (χ3n) is 3.32. The zero-order valence-corrected chi connectivity index (χ0v) is 13.4. The summed E-state index contributed by atoms with van der Waals surface area (Å²) in [5.41, 5.74) is 0.654. The standard InChI is InChI=1S/C17H24N2O3/c1-13(2)6-4-7-14(3)18-17(20)11-10-15-8-5-9-16(12-15)19(21)22/h5,8-14H,4,6-7H2,1-3H3,(H,18,20)/b11-10+/t14-/m0/s1. The second-order valence-corrected chi connectivity index (χ2v) is 5.92. The molecule has 1 rings (SSSR count). The Morgan fingerprint density at radius 3 is 2.68 bits per heavy atom. The summed E-state index contributed by atoms with van der Waals surface area (Å²) in [7, 11) is 0. The molecule has 0 aliphatic carbocycles. The van der Waals surface area contributed by atoms with Crippen molar-refractivity contribution in [1.29, 1.82) is 0 Å². The minimum atomic E-state index is -0.450. The largest absolute Gasteiger partial charge is 0.350 e. The van der Waals surface area contributed by atoms with Crippen LogP contribution in [0, 0.1) is 16.0 Å². The highest BCUT2D eigenvalue weighted by atomic mass is 16.6. The van der Waals surface area contributed by atoms with Crippen LogP contribution in [-0.2, 0) is 4.79 Å². The fraction of sp³-hybridized carbons (Fsp3) is 0.471. The predicted molar refractivity (Wildman–Crippen MR) is 88.4 cm³/mol. The minimum absolute atomic E-state index is 0.0182. The Balaban J connectivity index is 2.47. The third kappa shape index (κ3) is 7.02. The Morgan fingerprint density at radius 1 is 1.32 bits per heavy atom. The van der Waals surface area contributed by atoms with Gasteiger partial charge >= 0.3 is 0 Å². The van der Waals surface area contributed by atoms with E-state index in [0.717, 1.165) is 19.3 Å². The van der Waals surface area contributed by atoms with Gasteiger partial charge in [0.15, 0.2) is 0 Å². The first-order valence-electron chi connectivity index (χ1n) is 7.61. The summed E-state index contributed by atoms with van der Waals surface area (Å²) in [5.74, 6) is 0.500. The van der Waals surface area contributed by atoms with Crippen molar-refractivity contribution in [2.75, 3.05) is 0 Å². The van der Waals surface area contributed by atoms with Crippen LogP contribution in [0.5, 0.6) is 0 Å². The molecule has 5 nitrogen and oxygen atoms in total. The molecule has 5 heteroatoms. The van der Waals surface area contributed by atoms with Crippen LogP contribution in [0.2, 0.25) is 0 Å². The van der Waals surface area contributed by atoms with E-state index < -0.39 is 4.92 Å². The summed E-state index contributed by atoms with van der Waals surface area (Å²) in [6.07, 6.45) is 6.20. The van der Waals surface area contributed by atoms with E-state index in [0.29, 0.717) is 11.5 Å². The monoisotopic (exact) mass is 304 g/mol. The average molecular weight is 304 g/mol. The quantitative estimate of drug-likeness (QED) is 0.449. The summed E-state index contributed by atoms with van der Waals surface area (Å²) in [6.45, 7) is 6.36. The number of hydrogen-bond acceptors (Lipinski definition) is 3. The van der Waals surface area contributed by atoms with E-state index in [1.807, 2.05) is 6.92 Å². The second-order valence-electron chi connectivity index (χ2n) is 5.92. The predicted octanol–water partition coefficient (Wildman–Crippen LogP) is 3.94. The molecule has 0 radical (unpaired) electrons. The van der Waals surface area contributed by atoms with E-state index >= 15 is 0 Å². The molecule has 0 saturated carbocycles. The molecular weight excluding hydrogens is 280 g/mol. The van der Waals surface area contributed by atoms with Gasteiger partial charge in [-0.15, -0.1) is 0 Å². The fourth-order valence-electron chi connectivity index (χ4n) is 2.11. The molecule has 0 aliphatic heterocycles. The maximum Gasteiger partial charge on any atom is 0.270 e. The second kappa shape index (κ2) is 8.97. The molecule has 0 bridgehead atoms. The van der Waals surface area contributed by atoms with Gasteiger partial charge in [0.2, 0.25) is 5.91 Å².